The molecule has 3 N–H and O–H groups in total. The van der Waals surface area contributed by atoms with Gasteiger partial charge in [-0.2, -0.15) is 13.2 Å². The number of hydrogen-bond donors (Lipinski definition) is 3. The van der Waals surface area contributed by atoms with E-state index in [0.717, 1.165) is 30.5 Å². The van der Waals surface area contributed by atoms with Crippen molar-refractivity contribution in [3.05, 3.63) is 83.4 Å². The summed E-state index contributed by atoms with van der Waals surface area (Å²) in [6, 6.07) is 15.9. The smallest absolute Gasteiger partial charge is 0.416 e. The third kappa shape index (κ3) is 11.6. The average molecular weight is 715 g/mol. The Bertz CT molecular complexity index is 1570. The molecule has 13 heteroatoms. The van der Waals surface area contributed by atoms with Crippen LogP contribution in [0, 0.1) is 5.92 Å². The first-order valence-electron chi connectivity index (χ1n) is 17.2. The van der Waals surface area contributed by atoms with Gasteiger partial charge in [0.2, 0.25) is 0 Å². The van der Waals surface area contributed by atoms with E-state index < -0.39 is 23.8 Å². The van der Waals surface area contributed by atoms with E-state index in [1.165, 1.54) is 12.1 Å². The molecule has 10 nitrogen and oxygen atoms in total. The number of ether oxygens (including phenoxy) is 3. The highest BCUT2D eigenvalue weighted by molar-refractivity contribution is 6.02. The molecule has 0 aromatic heterocycles. The second-order valence-corrected chi connectivity index (χ2v) is 13.2. The Labute approximate surface area is 297 Å². The van der Waals surface area contributed by atoms with E-state index in [9.17, 15) is 27.9 Å². The van der Waals surface area contributed by atoms with Crippen LogP contribution in [0.2, 0.25) is 0 Å². The third-order valence-corrected chi connectivity index (χ3v) is 8.88. The van der Waals surface area contributed by atoms with Crippen molar-refractivity contribution in [1.82, 2.24) is 9.80 Å². The predicted octanol–water partition coefficient (Wildman–Crippen LogP) is 7.29. The summed E-state index contributed by atoms with van der Waals surface area (Å²) in [5.41, 5.74) is 1.21. The number of aliphatic hydroxyl groups excluding tert-OH is 1. The Morgan fingerprint density at radius 3 is 2.35 bits per heavy atom. The molecule has 3 aromatic carbocycles. The van der Waals surface area contributed by atoms with Crippen molar-refractivity contribution in [2.24, 2.45) is 5.92 Å². The molecule has 0 bridgehead atoms. The average Bonchev–Trinajstić information content (AvgIpc) is 3.09. The van der Waals surface area contributed by atoms with Crippen LogP contribution < -0.4 is 20.1 Å². The molecule has 51 heavy (non-hydrogen) atoms. The lowest BCUT2D eigenvalue weighted by atomic mass is 10.0. The van der Waals surface area contributed by atoms with Crippen molar-refractivity contribution in [3.8, 4) is 11.5 Å². The largest absolute Gasteiger partial charge is 0.497 e. The molecule has 1 heterocycles. The number of carbonyl (C=O) groups is 2. The Morgan fingerprint density at radius 1 is 1.04 bits per heavy atom. The lowest BCUT2D eigenvalue weighted by Crippen LogP contribution is -2.47. The Morgan fingerprint density at radius 2 is 1.71 bits per heavy atom. The van der Waals surface area contributed by atoms with E-state index in [1.807, 2.05) is 25.8 Å². The maximum Gasteiger partial charge on any atom is 0.416 e. The van der Waals surface area contributed by atoms with Crippen LogP contribution in [0.5, 0.6) is 11.5 Å². The number of nitrogens with one attached hydrogen (secondary N) is 2. The molecular weight excluding hydrogens is 665 g/mol. The highest BCUT2D eigenvalue weighted by Gasteiger charge is 2.32. The van der Waals surface area contributed by atoms with Crippen LogP contribution in [0.4, 0.5) is 29.3 Å². The quantitative estimate of drug-likeness (QED) is 0.214. The van der Waals surface area contributed by atoms with Crippen LogP contribution >= 0.6 is 0 Å². The van der Waals surface area contributed by atoms with Crippen molar-refractivity contribution in [2.75, 3.05) is 51.1 Å². The highest BCUT2D eigenvalue weighted by Crippen LogP contribution is 2.30. The Balaban J connectivity index is 1.55. The molecule has 1 aliphatic rings. The van der Waals surface area contributed by atoms with Gasteiger partial charge in [0.25, 0.3) is 5.91 Å². The minimum Gasteiger partial charge on any atom is -0.497 e. The van der Waals surface area contributed by atoms with Crippen LogP contribution in [0.1, 0.15) is 61.5 Å². The van der Waals surface area contributed by atoms with Crippen molar-refractivity contribution in [2.45, 2.75) is 71.0 Å². The van der Waals surface area contributed by atoms with Gasteiger partial charge in [0.15, 0.2) is 0 Å². The topological polar surface area (TPSA) is 113 Å². The first-order chi connectivity index (χ1) is 24.3. The fourth-order valence-corrected chi connectivity index (χ4v) is 5.91. The summed E-state index contributed by atoms with van der Waals surface area (Å²) < 4.78 is 57.1. The van der Waals surface area contributed by atoms with E-state index in [-0.39, 0.29) is 42.7 Å². The van der Waals surface area contributed by atoms with Crippen LogP contribution in [0.15, 0.2) is 66.7 Å². The zero-order valence-electron chi connectivity index (χ0n) is 29.8. The molecule has 0 saturated carbocycles. The standard InChI is InChI=1S/C38H49F3N4O6/c1-25-21-45(26(2)24-46)36(47)33-20-31(43-37(48)42-30-13-16-32(49-5)17-14-30)15-18-34(33)51-27(3)8-6-7-19-50-35(25)23-44(4)22-28-9-11-29(12-10-28)38(39,40)41/h9-18,20,25-27,35,46H,6-8,19,21-24H2,1-5H3,(H2,42,43,48)/t25-,26-,27-,35+/m0/s1. The number of urea groups is 1. The van der Waals surface area contributed by atoms with Crippen LogP contribution in [-0.4, -0.2) is 85.6 Å². The molecule has 0 aliphatic carbocycles. The number of fused-ring (bicyclic) bond motifs is 1. The molecule has 0 saturated heterocycles. The molecule has 3 aromatic rings. The maximum absolute atomic E-state index is 14.4. The molecule has 4 rings (SSSR count). The molecule has 3 amide bonds. The molecule has 0 radical (unpaired) electrons. The zero-order chi connectivity index (χ0) is 37.1. The zero-order valence-corrected chi connectivity index (χ0v) is 29.8. The van der Waals surface area contributed by atoms with Gasteiger partial charge in [-0.1, -0.05) is 19.1 Å². The van der Waals surface area contributed by atoms with Crippen molar-refractivity contribution >= 4 is 23.3 Å². The molecule has 0 fully saturated rings. The molecule has 0 spiro atoms. The Kier molecular flexibility index (Phi) is 14.1. The van der Waals surface area contributed by atoms with Gasteiger partial charge < -0.3 is 34.9 Å². The Hall–Kier alpha value is -4.33. The van der Waals surface area contributed by atoms with E-state index >= 15 is 0 Å². The van der Waals surface area contributed by atoms with Crippen LogP contribution in [0.25, 0.3) is 0 Å². The van der Waals surface area contributed by atoms with Gasteiger partial charge in [0.05, 0.1) is 43.1 Å². The number of anilines is 2. The number of carbonyl (C=O) groups excluding carboxylic acids is 2. The second-order valence-electron chi connectivity index (χ2n) is 13.2. The van der Waals surface area contributed by atoms with Gasteiger partial charge in [0, 0.05) is 43.5 Å². The van der Waals surface area contributed by atoms with E-state index in [0.29, 0.717) is 49.0 Å². The summed E-state index contributed by atoms with van der Waals surface area (Å²) in [7, 11) is 3.44. The molecule has 0 unspecified atom stereocenters. The molecule has 1 aliphatic heterocycles. The van der Waals surface area contributed by atoms with Gasteiger partial charge in [0.1, 0.15) is 11.5 Å². The summed E-state index contributed by atoms with van der Waals surface area (Å²) in [6.07, 6.45) is -2.61. The van der Waals surface area contributed by atoms with Crippen molar-refractivity contribution in [1.29, 1.82) is 0 Å². The molecule has 4 atom stereocenters. The minimum absolute atomic E-state index is 0.194. The summed E-state index contributed by atoms with van der Waals surface area (Å²) in [6.45, 7) is 6.99. The van der Waals surface area contributed by atoms with Crippen molar-refractivity contribution < 1.29 is 42.1 Å². The number of likely N-dealkylation sites (N-methyl/N-ethyl adjacent to an activating group) is 1. The van der Waals surface area contributed by atoms with E-state index in [4.69, 9.17) is 14.2 Å². The summed E-state index contributed by atoms with van der Waals surface area (Å²) in [4.78, 5) is 30.9. The number of amides is 3. The van der Waals surface area contributed by atoms with Gasteiger partial charge in [-0.15, -0.1) is 0 Å². The second kappa shape index (κ2) is 18.2. The van der Waals surface area contributed by atoms with Crippen LogP contribution in [0.3, 0.4) is 0 Å². The first kappa shape index (κ1) is 39.5. The summed E-state index contributed by atoms with van der Waals surface area (Å²) >= 11 is 0. The number of methoxy groups -OCH3 is 1. The van der Waals surface area contributed by atoms with Gasteiger partial charge in [-0.3, -0.25) is 9.69 Å². The minimum atomic E-state index is -4.40. The number of rotatable bonds is 9. The van der Waals surface area contributed by atoms with E-state index in [2.05, 4.69) is 10.6 Å². The number of nitrogens with zero attached hydrogens (tertiary/aromatic N) is 2. The fraction of sp³-hybridized carbons (Fsp3) is 0.474. The third-order valence-electron chi connectivity index (χ3n) is 8.88. The predicted molar refractivity (Wildman–Crippen MR) is 190 cm³/mol. The van der Waals surface area contributed by atoms with Crippen molar-refractivity contribution in [3.63, 3.8) is 0 Å². The number of aliphatic hydroxyl groups is 1. The monoisotopic (exact) mass is 714 g/mol. The lowest BCUT2D eigenvalue weighted by Gasteiger charge is -2.36. The maximum atomic E-state index is 14.4. The van der Waals surface area contributed by atoms with Gasteiger partial charge >= 0.3 is 12.2 Å². The lowest BCUT2D eigenvalue weighted by molar-refractivity contribution is -0.137. The van der Waals surface area contributed by atoms with Gasteiger partial charge in [-0.25, -0.2) is 4.79 Å². The number of alkyl halides is 3. The number of halogens is 3. The molecular formula is C38H49F3N4O6. The summed E-state index contributed by atoms with van der Waals surface area (Å²) in [5, 5.41) is 15.8. The van der Waals surface area contributed by atoms with Gasteiger partial charge in [-0.05, 0) is 100 Å². The van der Waals surface area contributed by atoms with E-state index in [1.54, 1.807) is 61.4 Å². The summed E-state index contributed by atoms with van der Waals surface area (Å²) in [5.74, 6) is 0.455. The normalized spacial score (nSPS) is 19.8. The first-order valence-corrected chi connectivity index (χ1v) is 17.2. The number of benzene rings is 3. The fourth-order valence-electron chi connectivity index (χ4n) is 5.91. The SMILES string of the molecule is COc1ccc(NC(=O)Nc2ccc3c(c2)C(=O)N([C@@H](C)CO)C[C@H](C)[C@@H](CN(C)Cc2ccc(C(F)(F)F)cc2)OCCCC[C@H](C)O3)cc1. The molecule has 278 valence electrons. The number of hydrogen-bond acceptors (Lipinski definition) is 7. The highest BCUT2D eigenvalue weighted by atomic mass is 19.4. The van der Waals surface area contributed by atoms with Crippen LogP contribution in [-0.2, 0) is 17.5 Å².